The smallest absolute Gasteiger partial charge is 0.306 e. The fourth-order valence-corrected chi connectivity index (χ4v) is 6.64. The van der Waals surface area contributed by atoms with Crippen molar-refractivity contribution in [3.8, 4) is 0 Å². The van der Waals surface area contributed by atoms with Gasteiger partial charge in [-0.2, -0.15) is 0 Å². The van der Waals surface area contributed by atoms with E-state index in [-0.39, 0.29) is 24.3 Å². The summed E-state index contributed by atoms with van der Waals surface area (Å²) in [5.74, 6) is 0.978. The van der Waals surface area contributed by atoms with E-state index in [9.17, 15) is 9.59 Å². The van der Waals surface area contributed by atoms with Crippen molar-refractivity contribution in [1.29, 1.82) is 0 Å². The largest absolute Gasteiger partial charge is 0.462 e. The molecule has 4 nitrogen and oxygen atoms in total. The van der Waals surface area contributed by atoms with Crippen LogP contribution < -0.4 is 0 Å². The molecule has 0 saturated heterocycles. The minimum absolute atomic E-state index is 0.0376. The van der Waals surface area contributed by atoms with Gasteiger partial charge < -0.3 is 14.4 Å². The van der Waals surface area contributed by atoms with Gasteiger partial charge in [0.15, 0.2) is 0 Å². The maximum Gasteiger partial charge on any atom is 0.306 e. The van der Waals surface area contributed by atoms with Gasteiger partial charge in [0.05, 0.1) is 6.42 Å². The topological polar surface area (TPSA) is 46.6 Å². The Kier molecular flexibility index (Phi) is 11.0. The van der Waals surface area contributed by atoms with Crippen LogP contribution in [0.2, 0.25) is 0 Å². The summed E-state index contributed by atoms with van der Waals surface area (Å²) in [6.45, 7) is 9.81. The Morgan fingerprint density at radius 1 is 1.00 bits per heavy atom. The van der Waals surface area contributed by atoms with Crippen LogP contribution in [-0.4, -0.2) is 42.4 Å². The zero-order valence-corrected chi connectivity index (χ0v) is 21.1. The van der Waals surface area contributed by atoms with Crippen LogP contribution in [0.25, 0.3) is 0 Å². The van der Waals surface area contributed by atoms with Crippen LogP contribution >= 0.6 is 0 Å². The van der Waals surface area contributed by atoms with E-state index >= 15 is 0 Å². The van der Waals surface area contributed by atoms with Crippen LogP contribution in [0.3, 0.4) is 0 Å². The minimum Gasteiger partial charge on any atom is -0.462 e. The molecule has 31 heavy (non-hydrogen) atoms. The Morgan fingerprint density at radius 2 is 1.74 bits per heavy atom. The minimum atomic E-state index is -0.179. The molecule has 0 amide bonds. The summed E-state index contributed by atoms with van der Waals surface area (Å²) in [5, 5.41) is 0. The zero-order chi connectivity index (χ0) is 22.9. The van der Waals surface area contributed by atoms with Crippen LogP contribution in [0.15, 0.2) is 0 Å². The van der Waals surface area contributed by atoms with Gasteiger partial charge in [0, 0.05) is 12.5 Å². The van der Waals surface area contributed by atoms with E-state index in [4.69, 9.17) is 4.74 Å². The van der Waals surface area contributed by atoms with Gasteiger partial charge in [0.2, 0.25) is 0 Å². The number of unbranched alkanes of at least 4 members (excludes halogenated alkanes) is 4. The van der Waals surface area contributed by atoms with Gasteiger partial charge in [0.25, 0.3) is 0 Å². The highest BCUT2D eigenvalue weighted by Gasteiger charge is 2.53. The molecular formula is C27H49NO3. The van der Waals surface area contributed by atoms with Crippen molar-refractivity contribution in [2.24, 2.45) is 17.3 Å². The monoisotopic (exact) mass is 435 g/mol. The molecule has 0 aromatic carbocycles. The molecule has 0 radical (unpaired) electrons. The lowest BCUT2D eigenvalue weighted by Gasteiger charge is -2.57. The van der Waals surface area contributed by atoms with E-state index in [0.717, 1.165) is 25.7 Å². The maximum absolute atomic E-state index is 12.4. The number of rotatable bonds is 13. The molecule has 0 N–H and O–H groups in total. The Morgan fingerprint density at radius 3 is 2.42 bits per heavy atom. The van der Waals surface area contributed by atoms with Crippen LogP contribution in [0.4, 0.5) is 0 Å². The molecule has 0 aromatic heterocycles. The first-order valence-corrected chi connectivity index (χ1v) is 13.2. The Hall–Kier alpha value is -0.900. The van der Waals surface area contributed by atoms with Crippen molar-refractivity contribution < 1.29 is 14.3 Å². The number of Topliss-reactive ketones (excluding diaryl/α,β-unsaturated/α-hetero) is 1. The number of carbonyl (C=O) groups excluding carboxylic acids is 2. The quantitative estimate of drug-likeness (QED) is 0.243. The van der Waals surface area contributed by atoms with Gasteiger partial charge in [-0.15, -0.1) is 0 Å². The molecule has 2 fully saturated rings. The molecule has 0 aliphatic heterocycles. The fraction of sp³-hybridized carbons (Fsp3) is 0.926. The molecule has 2 saturated carbocycles. The first kappa shape index (κ1) is 26.4. The van der Waals surface area contributed by atoms with Crippen LogP contribution in [-0.2, 0) is 14.3 Å². The van der Waals surface area contributed by atoms with Crippen molar-refractivity contribution in [3.63, 3.8) is 0 Å². The maximum atomic E-state index is 12.4. The predicted molar refractivity (Wildman–Crippen MR) is 128 cm³/mol. The van der Waals surface area contributed by atoms with Gasteiger partial charge in [-0.25, -0.2) is 0 Å². The average molecular weight is 436 g/mol. The van der Waals surface area contributed by atoms with Gasteiger partial charge in [0.1, 0.15) is 11.9 Å². The van der Waals surface area contributed by atoms with Crippen LogP contribution in [0.5, 0.6) is 0 Å². The summed E-state index contributed by atoms with van der Waals surface area (Å²) >= 11 is 0. The Bertz CT molecular complexity index is 563. The number of hydrogen-bond acceptors (Lipinski definition) is 4. The molecular weight excluding hydrogens is 386 g/mol. The number of ether oxygens (including phenoxy) is 1. The molecule has 0 aromatic rings. The van der Waals surface area contributed by atoms with E-state index in [1.807, 2.05) is 0 Å². The summed E-state index contributed by atoms with van der Waals surface area (Å²) in [7, 11) is 2.35. The highest BCUT2D eigenvalue weighted by molar-refractivity contribution is 5.81. The summed E-state index contributed by atoms with van der Waals surface area (Å²) in [5.41, 5.74) is 0.318. The van der Waals surface area contributed by atoms with E-state index in [1.54, 1.807) is 6.92 Å². The van der Waals surface area contributed by atoms with E-state index in [1.165, 1.54) is 57.9 Å². The standard InChI is InChI=1S/C27H49NO3/c1-6-8-9-10-11-20-28(5)25-15-12-14-23-22(13-7-2)24(18-19-27(23,25)4)31-26(30)17-16-21(3)29/h22-25H,6-20H2,1-5H3/t22-,23-,24?,25?,27-/m0/s1. The second kappa shape index (κ2) is 13.0. The van der Waals surface area contributed by atoms with Crippen molar-refractivity contribution in [2.75, 3.05) is 13.6 Å². The molecule has 2 rings (SSSR count). The summed E-state index contributed by atoms with van der Waals surface area (Å²) in [6, 6.07) is 0.645. The lowest BCUT2D eigenvalue weighted by molar-refractivity contribution is -0.166. The molecule has 5 atom stereocenters. The molecule has 0 spiro atoms. The molecule has 2 unspecified atom stereocenters. The number of fused-ring (bicyclic) bond motifs is 1. The Labute approximate surface area is 191 Å². The van der Waals surface area contributed by atoms with Gasteiger partial charge in [-0.1, -0.05) is 59.3 Å². The van der Waals surface area contributed by atoms with Crippen LogP contribution in [0.1, 0.15) is 118 Å². The van der Waals surface area contributed by atoms with E-state index in [0.29, 0.717) is 29.7 Å². The van der Waals surface area contributed by atoms with Crippen molar-refractivity contribution >= 4 is 11.8 Å². The van der Waals surface area contributed by atoms with Gasteiger partial charge >= 0.3 is 5.97 Å². The lowest BCUT2D eigenvalue weighted by atomic mass is 9.53. The molecule has 0 bridgehead atoms. The van der Waals surface area contributed by atoms with E-state index < -0.39 is 0 Å². The molecule has 180 valence electrons. The molecule has 0 heterocycles. The summed E-state index contributed by atoms with van der Waals surface area (Å²) in [6.07, 6.45) is 15.5. The molecule has 4 heteroatoms. The second-order valence-corrected chi connectivity index (χ2v) is 10.7. The lowest BCUT2D eigenvalue weighted by Crippen LogP contribution is -2.57. The third-order valence-electron chi connectivity index (χ3n) is 8.30. The highest BCUT2D eigenvalue weighted by atomic mass is 16.5. The zero-order valence-electron chi connectivity index (χ0n) is 21.1. The first-order valence-electron chi connectivity index (χ1n) is 13.2. The van der Waals surface area contributed by atoms with Crippen LogP contribution in [0, 0.1) is 17.3 Å². The number of carbonyl (C=O) groups is 2. The average Bonchev–Trinajstić information content (AvgIpc) is 2.73. The highest BCUT2D eigenvalue weighted by Crippen LogP contribution is 2.55. The number of hydrogen-bond donors (Lipinski definition) is 0. The summed E-state index contributed by atoms with van der Waals surface area (Å²) in [4.78, 5) is 26.3. The number of ketones is 1. The normalized spacial score (nSPS) is 30.8. The second-order valence-electron chi connectivity index (χ2n) is 10.7. The molecule has 2 aliphatic rings. The summed E-state index contributed by atoms with van der Waals surface area (Å²) < 4.78 is 5.99. The SMILES string of the molecule is CCCCCCCN(C)C1CCC[C@H]2[C@H](CCC)C(OC(=O)CCC(C)=O)CC[C@]12C. The van der Waals surface area contributed by atoms with Crippen molar-refractivity contribution in [3.05, 3.63) is 0 Å². The molecule has 2 aliphatic carbocycles. The van der Waals surface area contributed by atoms with E-state index in [2.05, 4.69) is 32.7 Å². The Balaban J connectivity index is 2.03. The predicted octanol–water partition coefficient (Wildman–Crippen LogP) is 6.55. The third kappa shape index (κ3) is 7.30. The number of esters is 1. The van der Waals surface area contributed by atoms with Gasteiger partial charge in [-0.3, -0.25) is 4.79 Å². The number of nitrogens with zero attached hydrogens (tertiary/aromatic N) is 1. The third-order valence-corrected chi connectivity index (χ3v) is 8.30. The van der Waals surface area contributed by atoms with Crippen molar-refractivity contribution in [2.45, 2.75) is 130 Å². The van der Waals surface area contributed by atoms with Crippen molar-refractivity contribution in [1.82, 2.24) is 4.90 Å². The fourth-order valence-electron chi connectivity index (χ4n) is 6.64. The first-order chi connectivity index (χ1) is 14.8. The van der Waals surface area contributed by atoms with Gasteiger partial charge in [-0.05, 0) is 76.3 Å².